The molecule has 5 atom stereocenters. The molecule has 2 saturated heterocycles. The number of alkyl halides is 3. The third-order valence-electron chi connectivity index (χ3n) is 3.61. The zero-order valence-corrected chi connectivity index (χ0v) is 19.5. The Morgan fingerprint density at radius 3 is 2.04 bits per heavy atom. The summed E-state index contributed by atoms with van der Waals surface area (Å²) in [5.74, 6) is -0.740. The van der Waals surface area contributed by atoms with Crippen molar-refractivity contribution in [2.45, 2.75) is 73.7 Å². The molecule has 0 unspecified atom stereocenters. The number of fused-ring (bicyclic) bond motifs is 2. The highest BCUT2D eigenvalue weighted by atomic mass is 35.6. The lowest BCUT2D eigenvalue weighted by Crippen LogP contribution is -2.66. The van der Waals surface area contributed by atoms with Gasteiger partial charge in [-0.1, -0.05) is 34.8 Å². The predicted octanol–water partition coefficient (Wildman–Crippen LogP) is 3.04. The minimum atomic E-state index is -2.08. The molecule has 2 aliphatic heterocycles. The van der Waals surface area contributed by atoms with E-state index in [1.54, 1.807) is 0 Å². The largest absolute Gasteiger partial charge is 0.410 e. The van der Waals surface area contributed by atoms with Gasteiger partial charge in [0.05, 0.1) is 12.7 Å². The van der Waals surface area contributed by atoms with E-state index in [9.17, 15) is 4.79 Å². The first kappa shape index (κ1) is 21.9. The zero-order chi connectivity index (χ0) is 19.2. The highest BCUT2D eigenvalue weighted by Gasteiger charge is 2.55. The fourth-order valence-electron chi connectivity index (χ4n) is 2.86. The Labute approximate surface area is 166 Å². The Morgan fingerprint density at radius 2 is 1.56 bits per heavy atom. The zero-order valence-electron chi connectivity index (χ0n) is 15.3. The molecule has 25 heavy (non-hydrogen) atoms. The number of ether oxygens (including phenoxy) is 2. The number of hydrogen-bond acceptors (Lipinski definition) is 5. The lowest BCUT2D eigenvalue weighted by molar-refractivity contribution is -0.178. The van der Waals surface area contributed by atoms with Gasteiger partial charge in [-0.15, -0.1) is 0 Å². The molecule has 11 heteroatoms. The Morgan fingerprint density at radius 1 is 1.04 bits per heavy atom. The van der Waals surface area contributed by atoms with E-state index < -0.39 is 44.8 Å². The Kier molecular flexibility index (Phi) is 6.62. The molecule has 0 aromatic rings. The van der Waals surface area contributed by atoms with Crippen LogP contribution in [0.15, 0.2) is 0 Å². The molecule has 2 fully saturated rings. The molecule has 0 aromatic heterocycles. The molecular weight excluding hydrogens is 425 g/mol. The Bertz CT molecular complexity index is 506. The van der Waals surface area contributed by atoms with Gasteiger partial charge in [0.15, 0.2) is 22.9 Å². The minimum Gasteiger partial charge on any atom is -0.410 e. The summed E-state index contributed by atoms with van der Waals surface area (Å²) in [6.07, 6.45) is -1.66. The van der Waals surface area contributed by atoms with Crippen molar-refractivity contribution < 1.29 is 23.1 Å². The van der Waals surface area contributed by atoms with Crippen LogP contribution >= 0.6 is 34.8 Å². The standard InChI is InChI=1S/C14H26Cl3NO5Si2/c1-24(2,3)22-10-8-7-20-12(21-8)9(11(10)23-25(4,5)6)18-13(19)14(15,16)17/h8-12H,7H2,1-6H3,(H,18,19)/t8-,9-,10-,11-,12-/m1/s1. The first-order valence-corrected chi connectivity index (χ1v) is 16.1. The molecule has 2 bridgehead atoms. The van der Waals surface area contributed by atoms with Crippen molar-refractivity contribution in [2.75, 3.05) is 6.61 Å². The summed E-state index contributed by atoms with van der Waals surface area (Å²) in [7, 11) is -3.86. The van der Waals surface area contributed by atoms with Crippen LogP contribution in [0.2, 0.25) is 39.3 Å². The number of carbonyl (C=O) groups excluding carboxylic acids is 1. The topological polar surface area (TPSA) is 66.0 Å². The minimum absolute atomic E-state index is 0.237. The Hall–Kier alpha value is 0.614. The maximum absolute atomic E-state index is 12.2. The van der Waals surface area contributed by atoms with E-state index in [-0.39, 0.29) is 12.2 Å². The molecule has 146 valence electrons. The van der Waals surface area contributed by atoms with Gasteiger partial charge in [-0.3, -0.25) is 4.79 Å². The summed E-state index contributed by atoms with van der Waals surface area (Å²) in [5.41, 5.74) is 0. The normalized spacial score (nSPS) is 33.4. The molecule has 0 aromatic carbocycles. The number of nitrogens with one attached hydrogen (secondary N) is 1. The molecule has 0 radical (unpaired) electrons. The van der Waals surface area contributed by atoms with Gasteiger partial charge in [-0.05, 0) is 39.3 Å². The van der Waals surface area contributed by atoms with E-state index in [1.807, 2.05) is 0 Å². The number of rotatable bonds is 5. The van der Waals surface area contributed by atoms with Gasteiger partial charge in [0.1, 0.15) is 18.2 Å². The van der Waals surface area contributed by atoms with Crippen LogP contribution in [0.1, 0.15) is 0 Å². The van der Waals surface area contributed by atoms with Crippen LogP contribution in [0.4, 0.5) is 0 Å². The predicted molar refractivity (Wildman–Crippen MR) is 103 cm³/mol. The van der Waals surface area contributed by atoms with Gasteiger partial charge >= 0.3 is 0 Å². The van der Waals surface area contributed by atoms with Crippen LogP contribution in [0.25, 0.3) is 0 Å². The molecular formula is C14H26Cl3NO5Si2. The van der Waals surface area contributed by atoms with Gasteiger partial charge in [0.25, 0.3) is 9.70 Å². The molecule has 1 N–H and O–H groups in total. The van der Waals surface area contributed by atoms with E-state index >= 15 is 0 Å². The third kappa shape index (κ3) is 6.05. The highest BCUT2D eigenvalue weighted by Crippen LogP contribution is 2.36. The van der Waals surface area contributed by atoms with Gasteiger partial charge in [-0.2, -0.15) is 0 Å². The summed E-state index contributed by atoms with van der Waals surface area (Å²) >= 11 is 17.1. The maximum atomic E-state index is 12.2. The molecule has 2 heterocycles. The molecule has 2 rings (SSSR count). The van der Waals surface area contributed by atoms with Crippen LogP contribution in [0.5, 0.6) is 0 Å². The summed E-state index contributed by atoms with van der Waals surface area (Å²) in [6.45, 7) is 12.9. The van der Waals surface area contributed by atoms with Crippen molar-refractivity contribution in [1.29, 1.82) is 0 Å². The summed E-state index contributed by atoms with van der Waals surface area (Å²) in [5, 5.41) is 2.72. The number of hydrogen-bond donors (Lipinski definition) is 1. The fraction of sp³-hybridized carbons (Fsp3) is 0.929. The quantitative estimate of drug-likeness (QED) is 0.515. The second-order valence-electron chi connectivity index (χ2n) is 8.26. The van der Waals surface area contributed by atoms with Crippen molar-refractivity contribution >= 4 is 57.3 Å². The molecule has 1 amide bonds. The van der Waals surface area contributed by atoms with E-state index in [0.29, 0.717) is 6.61 Å². The average Bonchev–Trinajstić information content (AvgIpc) is 2.81. The molecule has 2 aliphatic rings. The summed E-state index contributed by atoms with van der Waals surface area (Å²) in [6, 6.07) is -0.616. The van der Waals surface area contributed by atoms with E-state index in [1.165, 1.54) is 0 Å². The van der Waals surface area contributed by atoms with Crippen LogP contribution in [0.3, 0.4) is 0 Å². The third-order valence-corrected chi connectivity index (χ3v) is 6.08. The second-order valence-corrected chi connectivity index (χ2v) is 19.5. The van der Waals surface area contributed by atoms with Crippen molar-refractivity contribution in [2.24, 2.45) is 0 Å². The van der Waals surface area contributed by atoms with Gasteiger partial charge in [0.2, 0.25) is 0 Å². The van der Waals surface area contributed by atoms with Gasteiger partial charge < -0.3 is 23.6 Å². The van der Waals surface area contributed by atoms with Crippen molar-refractivity contribution in [3.63, 3.8) is 0 Å². The van der Waals surface area contributed by atoms with Crippen molar-refractivity contribution in [3.8, 4) is 0 Å². The smallest absolute Gasteiger partial charge is 0.272 e. The summed E-state index contributed by atoms with van der Waals surface area (Å²) < 4.78 is 22.2. The molecule has 0 saturated carbocycles. The van der Waals surface area contributed by atoms with E-state index in [4.69, 9.17) is 53.1 Å². The van der Waals surface area contributed by atoms with Crippen LogP contribution in [-0.2, 0) is 23.1 Å². The first-order chi connectivity index (χ1) is 11.2. The lowest BCUT2D eigenvalue weighted by atomic mass is 9.99. The monoisotopic (exact) mass is 449 g/mol. The second kappa shape index (κ2) is 7.56. The first-order valence-electron chi connectivity index (χ1n) is 8.18. The van der Waals surface area contributed by atoms with Crippen LogP contribution < -0.4 is 5.32 Å². The molecule has 0 aliphatic carbocycles. The highest BCUT2D eigenvalue weighted by molar-refractivity contribution is 6.76. The maximum Gasteiger partial charge on any atom is 0.272 e. The SMILES string of the molecule is C[Si](C)(C)O[C@@H]1[C@@H](NC(=O)C(Cl)(Cl)Cl)[C@@H]2OC[C@@H](O2)[C@H]1O[Si](C)(C)C. The van der Waals surface area contributed by atoms with Crippen LogP contribution in [-0.4, -0.2) is 63.6 Å². The average molecular weight is 451 g/mol. The fourth-order valence-corrected chi connectivity index (χ4v) is 5.22. The molecule has 0 spiro atoms. The number of amides is 1. The molecule has 6 nitrogen and oxygen atoms in total. The van der Waals surface area contributed by atoms with Crippen LogP contribution in [0, 0.1) is 0 Å². The van der Waals surface area contributed by atoms with Gasteiger partial charge in [0, 0.05) is 0 Å². The lowest BCUT2D eigenvalue weighted by Gasteiger charge is -2.45. The Balaban J connectivity index is 2.31. The van der Waals surface area contributed by atoms with E-state index in [2.05, 4.69) is 44.6 Å². The number of halogens is 3. The summed E-state index contributed by atoms with van der Waals surface area (Å²) in [4.78, 5) is 12.2. The van der Waals surface area contributed by atoms with Crippen molar-refractivity contribution in [1.82, 2.24) is 5.32 Å². The van der Waals surface area contributed by atoms with Crippen molar-refractivity contribution in [3.05, 3.63) is 0 Å². The van der Waals surface area contributed by atoms with Gasteiger partial charge in [-0.25, -0.2) is 0 Å². The van der Waals surface area contributed by atoms with E-state index in [0.717, 1.165) is 0 Å². The number of carbonyl (C=O) groups is 1.